The Labute approximate surface area is 293 Å². The minimum atomic E-state index is -1.02. The molecule has 1 aliphatic heterocycles. The van der Waals surface area contributed by atoms with Crippen LogP contribution in [0.3, 0.4) is 0 Å². The summed E-state index contributed by atoms with van der Waals surface area (Å²) in [7, 11) is 0. The van der Waals surface area contributed by atoms with E-state index in [1.807, 2.05) is 32.0 Å². The molecule has 270 valence electrons. The summed E-state index contributed by atoms with van der Waals surface area (Å²) in [6, 6.07) is 8.72. The molecule has 0 aliphatic carbocycles. The molecule has 1 fully saturated rings. The van der Waals surface area contributed by atoms with Crippen molar-refractivity contribution in [3.8, 4) is 11.3 Å². The Hall–Kier alpha value is -5.07. The van der Waals surface area contributed by atoms with E-state index in [1.54, 1.807) is 51.2 Å². The number of hydrogen-bond donors (Lipinski definition) is 5. The van der Waals surface area contributed by atoms with Crippen molar-refractivity contribution in [3.63, 3.8) is 0 Å². The number of ether oxygens (including phenoxy) is 1. The number of rotatable bonds is 17. The molecule has 0 saturated carbocycles. The monoisotopic (exact) mass is 690 g/mol. The second-order valence-corrected chi connectivity index (χ2v) is 13.2. The SMILES string of the molecule is CCOC(=O)/C=C/[C@H](C[C@@H]1CCNC1=O)NC(=O)[C@H](CC(C)C)NC(=O)[C@@H](NC(=O)[C@H](C)NC(=O)c1cccc(-c2ccccn2)c1)C(C)C. The molecule has 0 spiro atoms. The fourth-order valence-electron chi connectivity index (χ4n) is 5.51. The van der Waals surface area contributed by atoms with Crippen molar-refractivity contribution < 1.29 is 33.5 Å². The maximum absolute atomic E-state index is 13.6. The van der Waals surface area contributed by atoms with Crippen molar-refractivity contribution in [2.24, 2.45) is 17.8 Å². The normalized spacial score (nSPS) is 16.6. The molecule has 5 atom stereocenters. The van der Waals surface area contributed by atoms with Crippen LogP contribution in [0.2, 0.25) is 0 Å². The lowest BCUT2D eigenvalue weighted by Crippen LogP contribution is -2.58. The number of hydrogen-bond acceptors (Lipinski definition) is 8. The third-order valence-corrected chi connectivity index (χ3v) is 8.19. The number of pyridine rings is 1. The fourth-order valence-corrected chi connectivity index (χ4v) is 5.51. The van der Waals surface area contributed by atoms with E-state index >= 15 is 0 Å². The van der Waals surface area contributed by atoms with E-state index in [1.165, 1.54) is 19.1 Å². The standard InChI is InChI=1S/C37H50N6O7/c1-7-50-31(44)15-14-28(21-27-16-18-39-34(27)46)41-36(48)30(19-22(2)3)42-37(49)32(23(4)5)43-33(45)24(6)40-35(47)26-12-10-11-25(20-26)29-13-8-9-17-38-29/h8-15,17,20,22-24,27-28,30,32H,7,16,18-19,21H2,1-6H3,(H,39,46)(H,40,47)(H,41,48)(H,42,49)(H,43,45)/b15-14+/t24-,27-,28+,30-,32-/m0/s1. The fraction of sp³-hybridized carbons (Fsp3) is 0.486. The second-order valence-electron chi connectivity index (χ2n) is 13.2. The lowest BCUT2D eigenvalue weighted by molar-refractivity contribution is -0.137. The summed E-state index contributed by atoms with van der Waals surface area (Å²) in [5.41, 5.74) is 1.79. The first-order valence-electron chi connectivity index (χ1n) is 17.1. The molecule has 1 aromatic carbocycles. The molecular weight excluding hydrogens is 640 g/mol. The maximum Gasteiger partial charge on any atom is 0.330 e. The van der Waals surface area contributed by atoms with Crippen molar-refractivity contribution in [1.29, 1.82) is 0 Å². The third-order valence-electron chi connectivity index (χ3n) is 8.19. The van der Waals surface area contributed by atoms with Gasteiger partial charge in [-0.3, -0.25) is 29.0 Å². The van der Waals surface area contributed by atoms with Gasteiger partial charge in [0.1, 0.15) is 18.1 Å². The van der Waals surface area contributed by atoms with E-state index in [-0.39, 0.29) is 36.7 Å². The number of nitrogens with one attached hydrogen (secondary N) is 5. The second kappa shape index (κ2) is 19.2. The smallest absolute Gasteiger partial charge is 0.330 e. The van der Waals surface area contributed by atoms with Crippen LogP contribution in [0.5, 0.6) is 0 Å². The minimum absolute atomic E-state index is 0.0127. The van der Waals surface area contributed by atoms with Crippen molar-refractivity contribution in [3.05, 3.63) is 66.4 Å². The minimum Gasteiger partial charge on any atom is -0.463 e. The average molecular weight is 691 g/mol. The Morgan fingerprint density at radius 1 is 0.940 bits per heavy atom. The highest BCUT2D eigenvalue weighted by atomic mass is 16.5. The first kappa shape index (κ1) is 39.4. The lowest BCUT2D eigenvalue weighted by Gasteiger charge is -2.28. The van der Waals surface area contributed by atoms with E-state index in [9.17, 15) is 28.8 Å². The highest BCUT2D eigenvalue weighted by Gasteiger charge is 2.33. The average Bonchev–Trinajstić information content (AvgIpc) is 3.49. The van der Waals surface area contributed by atoms with Gasteiger partial charge >= 0.3 is 5.97 Å². The lowest BCUT2D eigenvalue weighted by atomic mass is 9.96. The Morgan fingerprint density at radius 2 is 1.70 bits per heavy atom. The van der Waals surface area contributed by atoms with Crippen molar-refractivity contribution in [1.82, 2.24) is 31.6 Å². The van der Waals surface area contributed by atoms with E-state index in [4.69, 9.17) is 4.74 Å². The highest BCUT2D eigenvalue weighted by Crippen LogP contribution is 2.19. The molecule has 0 unspecified atom stereocenters. The van der Waals surface area contributed by atoms with E-state index in [2.05, 4.69) is 31.6 Å². The first-order chi connectivity index (χ1) is 23.8. The number of nitrogens with zero attached hydrogens (tertiary/aromatic N) is 1. The first-order valence-corrected chi connectivity index (χ1v) is 17.1. The zero-order chi connectivity index (χ0) is 36.8. The largest absolute Gasteiger partial charge is 0.463 e. The van der Waals surface area contributed by atoms with Crippen LogP contribution in [-0.4, -0.2) is 77.8 Å². The van der Waals surface area contributed by atoms with Gasteiger partial charge in [0.2, 0.25) is 23.6 Å². The predicted octanol–water partition coefficient (Wildman–Crippen LogP) is 2.67. The molecule has 2 aromatic rings. The zero-order valence-electron chi connectivity index (χ0n) is 29.7. The quantitative estimate of drug-likeness (QED) is 0.124. The van der Waals surface area contributed by atoms with Crippen molar-refractivity contribution in [2.75, 3.05) is 13.2 Å². The molecular formula is C37H50N6O7. The van der Waals surface area contributed by atoms with Gasteiger partial charge in [-0.1, -0.05) is 52.0 Å². The molecule has 1 aliphatic rings. The molecule has 2 heterocycles. The molecule has 0 radical (unpaired) electrons. The van der Waals surface area contributed by atoms with E-state index < -0.39 is 53.8 Å². The Morgan fingerprint density at radius 3 is 2.32 bits per heavy atom. The zero-order valence-corrected chi connectivity index (χ0v) is 29.7. The summed E-state index contributed by atoms with van der Waals surface area (Å²) in [6.45, 7) is 11.3. The van der Waals surface area contributed by atoms with Gasteiger partial charge in [-0.25, -0.2) is 4.79 Å². The van der Waals surface area contributed by atoms with Crippen molar-refractivity contribution >= 4 is 35.5 Å². The summed E-state index contributed by atoms with van der Waals surface area (Å²) < 4.78 is 4.97. The molecule has 1 saturated heterocycles. The Kier molecular flexibility index (Phi) is 15.1. The number of esters is 1. The molecule has 50 heavy (non-hydrogen) atoms. The summed E-state index contributed by atoms with van der Waals surface area (Å²) in [4.78, 5) is 82.2. The van der Waals surface area contributed by atoms with Crippen LogP contribution < -0.4 is 26.6 Å². The van der Waals surface area contributed by atoms with Gasteiger partial charge in [0.25, 0.3) is 5.91 Å². The van der Waals surface area contributed by atoms with Gasteiger partial charge in [-0.05, 0) is 69.2 Å². The molecule has 0 bridgehead atoms. The van der Waals surface area contributed by atoms with Crippen LogP contribution in [0.15, 0.2) is 60.8 Å². The van der Waals surface area contributed by atoms with Crippen LogP contribution in [0, 0.1) is 17.8 Å². The van der Waals surface area contributed by atoms with E-state index in [0.717, 1.165) is 5.56 Å². The van der Waals surface area contributed by atoms with Gasteiger partial charge < -0.3 is 31.3 Å². The number of aromatic nitrogens is 1. The Balaban J connectivity index is 1.68. The molecule has 13 heteroatoms. The molecule has 1 aromatic heterocycles. The number of amides is 5. The van der Waals surface area contributed by atoms with Gasteiger partial charge in [0.05, 0.1) is 12.3 Å². The van der Waals surface area contributed by atoms with Gasteiger partial charge in [0.15, 0.2) is 0 Å². The maximum atomic E-state index is 13.6. The van der Waals surface area contributed by atoms with Crippen LogP contribution in [0.25, 0.3) is 11.3 Å². The molecule has 5 N–H and O–H groups in total. The van der Waals surface area contributed by atoms with Gasteiger partial charge in [-0.15, -0.1) is 0 Å². The van der Waals surface area contributed by atoms with Crippen molar-refractivity contribution in [2.45, 2.75) is 85.0 Å². The van der Waals surface area contributed by atoms with Crippen LogP contribution in [0.4, 0.5) is 0 Å². The number of carbonyl (C=O) groups excluding carboxylic acids is 6. The Bertz CT molecular complexity index is 1530. The summed E-state index contributed by atoms with van der Waals surface area (Å²) in [6.07, 6.45) is 5.53. The third kappa shape index (κ3) is 12.1. The summed E-state index contributed by atoms with van der Waals surface area (Å²) in [5.74, 6) is -3.50. The van der Waals surface area contributed by atoms with Crippen LogP contribution in [0.1, 0.15) is 71.2 Å². The number of benzene rings is 1. The van der Waals surface area contributed by atoms with Crippen LogP contribution in [-0.2, 0) is 28.7 Å². The molecule has 5 amide bonds. The van der Waals surface area contributed by atoms with Gasteiger partial charge in [0, 0.05) is 41.9 Å². The summed E-state index contributed by atoms with van der Waals surface area (Å²) in [5, 5.41) is 13.9. The molecule has 3 rings (SSSR count). The van der Waals surface area contributed by atoms with Crippen LogP contribution >= 0.6 is 0 Å². The van der Waals surface area contributed by atoms with E-state index in [0.29, 0.717) is 30.6 Å². The van der Waals surface area contributed by atoms with Gasteiger partial charge in [-0.2, -0.15) is 0 Å². The topological polar surface area (TPSA) is 185 Å². The number of carbonyl (C=O) groups is 6. The highest BCUT2D eigenvalue weighted by molar-refractivity contribution is 5.99. The molecule has 13 nitrogen and oxygen atoms in total. The predicted molar refractivity (Wildman–Crippen MR) is 188 cm³/mol. The summed E-state index contributed by atoms with van der Waals surface area (Å²) >= 11 is 0.